The van der Waals surface area contributed by atoms with Crippen molar-refractivity contribution in [3.8, 4) is 0 Å². The van der Waals surface area contributed by atoms with E-state index in [1.807, 2.05) is 32.0 Å². The molecule has 0 aromatic heterocycles. The Kier molecular flexibility index (Phi) is 2.76. The van der Waals surface area contributed by atoms with Crippen LogP contribution >= 0.6 is 0 Å². The highest BCUT2D eigenvalue weighted by Gasteiger charge is 2.22. The van der Waals surface area contributed by atoms with E-state index in [0.29, 0.717) is 5.56 Å². The molecule has 0 radical (unpaired) electrons. The Morgan fingerprint density at radius 1 is 1.27 bits per heavy atom. The fraction of sp³-hybridized carbons (Fsp3) is 0.462. The van der Waals surface area contributed by atoms with Crippen molar-refractivity contribution in [2.24, 2.45) is 0 Å². The fourth-order valence-corrected chi connectivity index (χ4v) is 1.58. The largest absolute Gasteiger partial charge is 0.459 e. The second-order valence-electron chi connectivity index (χ2n) is 4.26. The molecule has 15 heavy (non-hydrogen) atoms. The highest BCUT2D eigenvalue weighted by atomic mass is 16.5. The average molecular weight is 204 g/mol. The zero-order valence-electron chi connectivity index (χ0n) is 9.25. The van der Waals surface area contributed by atoms with Gasteiger partial charge in [0.05, 0.1) is 5.56 Å². The van der Waals surface area contributed by atoms with Gasteiger partial charge in [-0.05, 0) is 56.4 Å². The third-order valence-corrected chi connectivity index (χ3v) is 3.07. The minimum atomic E-state index is -0.178. The number of rotatable bonds is 2. The zero-order valence-corrected chi connectivity index (χ0v) is 9.25. The Morgan fingerprint density at radius 3 is 2.53 bits per heavy atom. The first-order valence-electron chi connectivity index (χ1n) is 5.45. The quantitative estimate of drug-likeness (QED) is 0.692. The Labute approximate surface area is 90.3 Å². The molecule has 2 nitrogen and oxygen atoms in total. The third-order valence-electron chi connectivity index (χ3n) is 3.07. The number of carbonyl (C=O) groups is 1. The van der Waals surface area contributed by atoms with Gasteiger partial charge < -0.3 is 4.74 Å². The molecule has 0 unspecified atom stereocenters. The number of esters is 1. The molecule has 0 N–H and O–H groups in total. The zero-order chi connectivity index (χ0) is 10.8. The molecule has 80 valence electrons. The van der Waals surface area contributed by atoms with Gasteiger partial charge in [0, 0.05) is 0 Å². The Balaban J connectivity index is 2.07. The van der Waals surface area contributed by atoms with E-state index in [1.165, 1.54) is 12.0 Å². The van der Waals surface area contributed by atoms with Crippen molar-refractivity contribution in [1.29, 1.82) is 0 Å². The molecule has 0 bridgehead atoms. The molecule has 0 amide bonds. The molecule has 1 aromatic rings. The van der Waals surface area contributed by atoms with E-state index in [2.05, 4.69) is 0 Å². The van der Waals surface area contributed by atoms with E-state index in [1.54, 1.807) is 0 Å². The van der Waals surface area contributed by atoms with Crippen LogP contribution in [0.25, 0.3) is 0 Å². The Bertz CT molecular complexity index is 378. The fourth-order valence-electron chi connectivity index (χ4n) is 1.58. The molecule has 0 heterocycles. The van der Waals surface area contributed by atoms with Gasteiger partial charge >= 0.3 is 5.97 Å². The number of aryl methyl sites for hydroxylation is 2. The SMILES string of the molecule is Cc1ccc(C(=O)OC2CCC2)cc1C. The van der Waals surface area contributed by atoms with Crippen LogP contribution in [0.2, 0.25) is 0 Å². The summed E-state index contributed by atoms with van der Waals surface area (Å²) in [5.74, 6) is -0.178. The van der Waals surface area contributed by atoms with Crippen LogP contribution in [0.15, 0.2) is 18.2 Å². The van der Waals surface area contributed by atoms with Crippen LogP contribution in [-0.2, 0) is 4.74 Å². The molecule has 2 rings (SSSR count). The van der Waals surface area contributed by atoms with Gasteiger partial charge in [0.15, 0.2) is 0 Å². The summed E-state index contributed by atoms with van der Waals surface area (Å²) in [6.45, 7) is 4.05. The van der Waals surface area contributed by atoms with Gasteiger partial charge in [-0.2, -0.15) is 0 Å². The maximum Gasteiger partial charge on any atom is 0.338 e. The van der Waals surface area contributed by atoms with Crippen LogP contribution in [0, 0.1) is 13.8 Å². The molecular formula is C13H16O2. The predicted molar refractivity (Wildman–Crippen MR) is 59.0 cm³/mol. The summed E-state index contributed by atoms with van der Waals surface area (Å²) in [7, 11) is 0. The molecular weight excluding hydrogens is 188 g/mol. The second kappa shape index (κ2) is 4.05. The van der Waals surface area contributed by atoms with Crippen LogP contribution < -0.4 is 0 Å². The lowest BCUT2D eigenvalue weighted by Gasteiger charge is -2.25. The lowest BCUT2D eigenvalue weighted by molar-refractivity contribution is 0.00900. The van der Waals surface area contributed by atoms with Crippen LogP contribution in [-0.4, -0.2) is 12.1 Å². The van der Waals surface area contributed by atoms with Crippen molar-refractivity contribution in [1.82, 2.24) is 0 Å². The van der Waals surface area contributed by atoms with E-state index in [9.17, 15) is 4.79 Å². The number of hydrogen-bond acceptors (Lipinski definition) is 2. The highest BCUT2D eigenvalue weighted by molar-refractivity contribution is 5.89. The minimum absolute atomic E-state index is 0.166. The van der Waals surface area contributed by atoms with Gasteiger partial charge in [0.2, 0.25) is 0 Å². The molecule has 0 spiro atoms. The molecule has 1 aromatic carbocycles. The molecule has 1 saturated carbocycles. The lowest BCUT2D eigenvalue weighted by Crippen LogP contribution is -2.25. The van der Waals surface area contributed by atoms with Crippen molar-refractivity contribution < 1.29 is 9.53 Å². The van der Waals surface area contributed by atoms with E-state index >= 15 is 0 Å². The van der Waals surface area contributed by atoms with Gasteiger partial charge in [0.25, 0.3) is 0 Å². The monoisotopic (exact) mass is 204 g/mol. The van der Waals surface area contributed by atoms with Gasteiger partial charge in [-0.3, -0.25) is 0 Å². The van der Waals surface area contributed by atoms with Crippen molar-refractivity contribution in [3.63, 3.8) is 0 Å². The van der Waals surface area contributed by atoms with Crippen molar-refractivity contribution in [2.75, 3.05) is 0 Å². The van der Waals surface area contributed by atoms with Crippen molar-refractivity contribution >= 4 is 5.97 Å². The van der Waals surface area contributed by atoms with Gasteiger partial charge in [-0.1, -0.05) is 6.07 Å². The van der Waals surface area contributed by atoms with Crippen LogP contribution in [0.1, 0.15) is 40.7 Å². The maximum absolute atomic E-state index is 11.7. The first-order chi connectivity index (χ1) is 7.16. The van der Waals surface area contributed by atoms with Gasteiger partial charge in [-0.15, -0.1) is 0 Å². The predicted octanol–water partition coefficient (Wildman–Crippen LogP) is 3.01. The summed E-state index contributed by atoms with van der Waals surface area (Å²) >= 11 is 0. The lowest BCUT2D eigenvalue weighted by atomic mass is 9.96. The molecule has 0 aliphatic heterocycles. The summed E-state index contributed by atoms with van der Waals surface area (Å²) in [6, 6.07) is 5.70. The van der Waals surface area contributed by atoms with Crippen LogP contribution in [0.5, 0.6) is 0 Å². The number of carbonyl (C=O) groups excluding carboxylic acids is 1. The average Bonchev–Trinajstić information content (AvgIpc) is 2.15. The van der Waals surface area contributed by atoms with Crippen LogP contribution in [0.3, 0.4) is 0 Å². The molecule has 1 fully saturated rings. The summed E-state index contributed by atoms with van der Waals surface area (Å²) in [5, 5.41) is 0. The number of hydrogen-bond donors (Lipinski definition) is 0. The van der Waals surface area contributed by atoms with Gasteiger partial charge in [-0.25, -0.2) is 4.79 Å². The van der Waals surface area contributed by atoms with E-state index in [-0.39, 0.29) is 12.1 Å². The maximum atomic E-state index is 11.7. The molecule has 0 atom stereocenters. The third kappa shape index (κ3) is 2.20. The van der Waals surface area contributed by atoms with Crippen LogP contribution in [0.4, 0.5) is 0 Å². The van der Waals surface area contributed by atoms with Gasteiger partial charge in [0.1, 0.15) is 6.10 Å². The standard InChI is InChI=1S/C13H16O2/c1-9-6-7-11(8-10(9)2)13(14)15-12-4-3-5-12/h6-8,12H,3-5H2,1-2H3. The summed E-state index contributed by atoms with van der Waals surface area (Å²) in [5.41, 5.74) is 3.01. The molecule has 2 heteroatoms. The summed E-state index contributed by atoms with van der Waals surface area (Å²) < 4.78 is 5.33. The smallest absolute Gasteiger partial charge is 0.338 e. The molecule has 1 aliphatic carbocycles. The Morgan fingerprint density at radius 2 is 2.00 bits per heavy atom. The van der Waals surface area contributed by atoms with E-state index < -0.39 is 0 Å². The normalized spacial score (nSPS) is 15.9. The topological polar surface area (TPSA) is 26.3 Å². The first kappa shape index (κ1) is 10.2. The van der Waals surface area contributed by atoms with E-state index in [4.69, 9.17) is 4.74 Å². The molecule has 1 aliphatic rings. The highest BCUT2D eigenvalue weighted by Crippen LogP contribution is 2.23. The number of ether oxygens (including phenoxy) is 1. The van der Waals surface area contributed by atoms with Crippen molar-refractivity contribution in [2.45, 2.75) is 39.2 Å². The minimum Gasteiger partial charge on any atom is -0.459 e. The summed E-state index contributed by atoms with van der Waals surface area (Å²) in [4.78, 5) is 11.7. The van der Waals surface area contributed by atoms with Crippen molar-refractivity contribution in [3.05, 3.63) is 34.9 Å². The van der Waals surface area contributed by atoms with E-state index in [0.717, 1.165) is 18.4 Å². The second-order valence-corrected chi connectivity index (χ2v) is 4.26. The Hall–Kier alpha value is -1.31. The number of benzene rings is 1. The first-order valence-corrected chi connectivity index (χ1v) is 5.45. The molecule has 0 saturated heterocycles. The summed E-state index contributed by atoms with van der Waals surface area (Å²) in [6.07, 6.45) is 3.40.